The van der Waals surface area contributed by atoms with Gasteiger partial charge in [0.2, 0.25) is 0 Å². The Labute approximate surface area is 209 Å². The molecule has 5 nitrogen and oxygen atoms in total. The minimum atomic E-state index is -0.0191. The highest BCUT2D eigenvalue weighted by Gasteiger charge is 2.19. The minimum Gasteiger partial charge on any atom is -0.497 e. The maximum Gasteiger partial charge on any atom is 0.252 e. The first-order valence-corrected chi connectivity index (χ1v) is 13.1. The van der Waals surface area contributed by atoms with Crippen LogP contribution in [0, 0.1) is 0 Å². The number of benzene rings is 2. The van der Waals surface area contributed by atoms with Crippen molar-refractivity contribution in [1.29, 1.82) is 0 Å². The zero-order chi connectivity index (χ0) is 24.5. The number of amides is 1. The van der Waals surface area contributed by atoms with E-state index in [0.29, 0.717) is 22.8 Å². The van der Waals surface area contributed by atoms with Crippen LogP contribution in [0.3, 0.4) is 0 Å². The van der Waals surface area contributed by atoms with Gasteiger partial charge in [-0.2, -0.15) is 0 Å². The molecule has 1 amide bonds. The molecular weight excluding hydrogens is 436 g/mol. The summed E-state index contributed by atoms with van der Waals surface area (Å²) in [4.78, 5) is 18.5. The molecule has 1 heterocycles. The summed E-state index contributed by atoms with van der Waals surface area (Å²) >= 11 is 0. The molecule has 1 fully saturated rings. The van der Waals surface area contributed by atoms with Gasteiger partial charge in [-0.1, -0.05) is 76.0 Å². The average molecular weight is 475 g/mol. The topological polar surface area (TPSA) is 60.5 Å². The molecule has 0 atom stereocenters. The van der Waals surface area contributed by atoms with Crippen molar-refractivity contribution in [1.82, 2.24) is 10.3 Å². The molecular formula is C30H38N2O3. The van der Waals surface area contributed by atoms with Gasteiger partial charge in [0.15, 0.2) is 0 Å². The van der Waals surface area contributed by atoms with Crippen LogP contribution in [-0.4, -0.2) is 31.2 Å². The van der Waals surface area contributed by atoms with Crippen LogP contribution >= 0.6 is 0 Å². The molecule has 1 aliphatic rings. The number of aromatic nitrogens is 1. The number of carbonyl (C=O) groups is 1. The van der Waals surface area contributed by atoms with Crippen LogP contribution < -0.4 is 14.8 Å². The van der Waals surface area contributed by atoms with E-state index in [9.17, 15) is 4.79 Å². The van der Waals surface area contributed by atoms with Crippen molar-refractivity contribution < 1.29 is 14.3 Å². The third-order valence-corrected chi connectivity index (χ3v) is 7.09. The Balaban J connectivity index is 1.63. The largest absolute Gasteiger partial charge is 0.497 e. The van der Waals surface area contributed by atoms with E-state index >= 15 is 0 Å². The lowest BCUT2D eigenvalue weighted by Gasteiger charge is -2.20. The van der Waals surface area contributed by atoms with Crippen molar-refractivity contribution in [3.63, 3.8) is 0 Å². The van der Waals surface area contributed by atoms with E-state index in [1.54, 1.807) is 14.2 Å². The van der Waals surface area contributed by atoms with Gasteiger partial charge in [0.05, 0.1) is 31.0 Å². The van der Waals surface area contributed by atoms with Crippen LogP contribution in [0.25, 0.3) is 22.2 Å². The third-order valence-electron chi connectivity index (χ3n) is 7.09. The summed E-state index contributed by atoms with van der Waals surface area (Å²) in [5.41, 5.74) is 3.01. The number of ether oxygens (including phenoxy) is 2. The number of hydrogen-bond donors (Lipinski definition) is 1. The molecule has 3 aromatic rings. The second kappa shape index (κ2) is 12.6. The van der Waals surface area contributed by atoms with Gasteiger partial charge >= 0.3 is 0 Å². The molecule has 0 radical (unpaired) electrons. The van der Waals surface area contributed by atoms with Crippen LogP contribution in [0.15, 0.2) is 48.5 Å². The molecule has 5 heteroatoms. The lowest BCUT2D eigenvalue weighted by Crippen LogP contribution is -2.35. The van der Waals surface area contributed by atoms with Crippen LogP contribution in [-0.2, 0) is 0 Å². The molecule has 1 saturated carbocycles. The highest BCUT2D eigenvalue weighted by molar-refractivity contribution is 6.07. The fourth-order valence-electron chi connectivity index (χ4n) is 5.08. The number of hydrogen-bond acceptors (Lipinski definition) is 4. The van der Waals surface area contributed by atoms with E-state index in [4.69, 9.17) is 14.5 Å². The lowest BCUT2D eigenvalue weighted by molar-refractivity contribution is 0.0933. The molecule has 0 bridgehead atoms. The van der Waals surface area contributed by atoms with Crippen LogP contribution in [0.5, 0.6) is 11.5 Å². The van der Waals surface area contributed by atoms with E-state index in [1.807, 2.05) is 48.5 Å². The highest BCUT2D eigenvalue weighted by atomic mass is 16.5. The van der Waals surface area contributed by atoms with Crippen molar-refractivity contribution in [3.8, 4) is 22.8 Å². The predicted octanol–water partition coefficient (Wildman–Crippen LogP) is 7.32. The first kappa shape index (κ1) is 25.0. The Morgan fingerprint density at radius 3 is 2.14 bits per heavy atom. The van der Waals surface area contributed by atoms with E-state index in [-0.39, 0.29) is 11.9 Å². The number of rotatable bonds is 5. The van der Waals surface area contributed by atoms with Gasteiger partial charge in [-0.05, 0) is 37.1 Å². The molecule has 186 valence electrons. The number of carbonyl (C=O) groups excluding carboxylic acids is 1. The van der Waals surface area contributed by atoms with Gasteiger partial charge in [0, 0.05) is 23.1 Å². The fourth-order valence-corrected chi connectivity index (χ4v) is 5.08. The van der Waals surface area contributed by atoms with Gasteiger partial charge in [0.1, 0.15) is 11.5 Å². The zero-order valence-electron chi connectivity index (χ0n) is 21.1. The molecule has 0 saturated heterocycles. The second-order valence-corrected chi connectivity index (χ2v) is 9.57. The summed E-state index contributed by atoms with van der Waals surface area (Å²) in [6.07, 6.45) is 13.6. The van der Waals surface area contributed by atoms with Crippen LogP contribution in [0.4, 0.5) is 0 Å². The number of methoxy groups -OCH3 is 2. The summed E-state index contributed by atoms with van der Waals surface area (Å²) < 4.78 is 11.0. The Morgan fingerprint density at radius 2 is 1.49 bits per heavy atom. The minimum absolute atomic E-state index is 0.0191. The first-order valence-electron chi connectivity index (χ1n) is 13.1. The predicted molar refractivity (Wildman–Crippen MR) is 142 cm³/mol. The van der Waals surface area contributed by atoms with E-state index in [0.717, 1.165) is 29.3 Å². The summed E-state index contributed by atoms with van der Waals surface area (Å²) in [6, 6.07) is 15.6. The Hall–Kier alpha value is -3.08. The molecule has 0 unspecified atom stereocenters. The second-order valence-electron chi connectivity index (χ2n) is 9.57. The SMILES string of the molecule is COc1ccc(-c2cc(C(=O)NC3CCCCCCCCCCC3)c3ccccc3n2)c(OC)c1. The average Bonchev–Trinajstić information content (AvgIpc) is 2.89. The molecule has 1 N–H and O–H groups in total. The number of nitrogens with one attached hydrogen (secondary N) is 1. The molecule has 0 aliphatic heterocycles. The quantitative estimate of drug-likeness (QED) is 0.421. The van der Waals surface area contributed by atoms with Gasteiger partial charge in [-0.25, -0.2) is 4.98 Å². The third kappa shape index (κ3) is 6.53. The molecule has 1 aliphatic carbocycles. The number of nitrogens with zero attached hydrogens (tertiary/aromatic N) is 1. The Bertz CT molecular complexity index is 1120. The maximum absolute atomic E-state index is 13.7. The highest BCUT2D eigenvalue weighted by Crippen LogP contribution is 2.34. The van der Waals surface area contributed by atoms with Crippen LogP contribution in [0.2, 0.25) is 0 Å². The van der Waals surface area contributed by atoms with Gasteiger partial charge in [-0.3, -0.25) is 4.79 Å². The molecule has 2 aromatic carbocycles. The monoisotopic (exact) mass is 474 g/mol. The normalized spacial score (nSPS) is 16.2. The lowest BCUT2D eigenvalue weighted by atomic mass is 9.97. The van der Waals surface area contributed by atoms with Gasteiger partial charge in [-0.15, -0.1) is 0 Å². The fraction of sp³-hybridized carbons (Fsp3) is 0.467. The van der Waals surface area contributed by atoms with Crippen molar-refractivity contribution in [2.24, 2.45) is 0 Å². The van der Waals surface area contributed by atoms with Crippen molar-refractivity contribution in [3.05, 3.63) is 54.1 Å². The van der Waals surface area contributed by atoms with Gasteiger partial charge < -0.3 is 14.8 Å². The summed E-state index contributed by atoms with van der Waals surface area (Å²) in [7, 11) is 3.27. The van der Waals surface area contributed by atoms with E-state index in [2.05, 4.69) is 5.32 Å². The number of fused-ring (bicyclic) bond motifs is 1. The smallest absolute Gasteiger partial charge is 0.252 e. The summed E-state index contributed by atoms with van der Waals surface area (Å²) in [5, 5.41) is 4.26. The summed E-state index contributed by atoms with van der Waals surface area (Å²) in [6.45, 7) is 0. The molecule has 4 rings (SSSR count). The molecule has 0 spiro atoms. The number of para-hydroxylation sites is 1. The standard InChI is InChI=1S/C30H38N2O3/c1-34-23-18-19-25(29(20-23)35-2)28-21-26(24-16-12-13-17-27(24)32-28)30(33)31-22-14-10-8-6-4-3-5-7-9-11-15-22/h12-13,16-22H,3-11,14-15H2,1-2H3,(H,31,33). The zero-order valence-corrected chi connectivity index (χ0v) is 21.1. The van der Waals surface area contributed by atoms with E-state index < -0.39 is 0 Å². The first-order chi connectivity index (χ1) is 17.2. The van der Waals surface area contributed by atoms with E-state index in [1.165, 1.54) is 57.8 Å². The Morgan fingerprint density at radius 1 is 0.829 bits per heavy atom. The van der Waals surface area contributed by atoms with Crippen LogP contribution in [0.1, 0.15) is 81.0 Å². The number of pyridine rings is 1. The maximum atomic E-state index is 13.7. The van der Waals surface area contributed by atoms with Crippen molar-refractivity contribution in [2.45, 2.75) is 76.7 Å². The molecule has 1 aromatic heterocycles. The summed E-state index contributed by atoms with van der Waals surface area (Å²) in [5.74, 6) is 1.36. The van der Waals surface area contributed by atoms with Crippen molar-refractivity contribution in [2.75, 3.05) is 14.2 Å². The van der Waals surface area contributed by atoms with Crippen molar-refractivity contribution >= 4 is 16.8 Å². The Kier molecular flexibility index (Phi) is 8.99. The van der Waals surface area contributed by atoms with Gasteiger partial charge in [0.25, 0.3) is 5.91 Å². The molecule has 35 heavy (non-hydrogen) atoms.